The van der Waals surface area contributed by atoms with Gasteiger partial charge in [0.05, 0.1) is 0 Å². The number of nitrogens with zero attached hydrogens (tertiary/aromatic N) is 2. The monoisotopic (exact) mass is 264 g/mol. The van der Waals surface area contributed by atoms with Gasteiger partial charge in [-0.15, -0.1) is 6.58 Å². The molecule has 1 saturated carbocycles. The van der Waals surface area contributed by atoms with Gasteiger partial charge in [-0.25, -0.2) is 0 Å². The van der Waals surface area contributed by atoms with Crippen molar-refractivity contribution >= 4 is 17.5 Å². The molecule has 2 rings (SSSR count). The highest BCUT2D eigenvalue weighted by atomic mass is 35.5. The highest BCUT2D eigenvalue weighted by molar-refractivity contribution is 6.30. The molecule has 0 bridgehead atoms. The van der Waals surface area contributed by atoms with Crippen molar-refractivity contribution < 1.29 is 4.79 Å². The maximum atomic E-state index is 12.4. The molecule has 3 nitrogen and oxygen atoms in total. The highest BCUT2D eigenvalue weighted by Crippen LogP contribution is 2.24. The molecule has 0 aromatic carbocycles. The van der Waals surface area contributed by atoms with Gasteiger partial charge >= 0.3 is 0 Å². The van der Waals surface area contributed by atoms with Crippen LogP contribution >= 0.6 is 11.6 Å². The lowest BCUT2D eigenvalue weighted by Crippen LogP contribution is -2.39. The maximum absolute atomic E-state index is 12.4. The summed E-state index contributed by atoms with van der Waals surface area (Å²) in [5, 5.41) is 0.540. The van der Waals surface area contributed by atoms with Crippen molar-refractivity contribution in [3.8, 4) is 0 Å². The van der Waals surface area contributed by atoms with Crippen molar-refractivity contribution in [1.29, 1.82) is 0 Å². The van der Waals surface area contributed by atoms with Crippen molar-refractivity contribution in [2.24, 2.45) is 0 Å². The summed E-state index contributed by atoms with van der Waals surface area (Å²) < 4.78 is 0. The number of rotatable bonds is 4. The quantitative estimate of drug-likeness (QED) is 0.782. The predicted octanol–water partition coefficient (Wildman–Crippen LogP) is 3.31. The van der Waals surface area contributed by atoms with E-state index in [1.165, 1.54) is 12.8 Å². The van der Waals surface area contributed by atoms with Crippen LogP contribution in [0.1, 0.15) is 36.2 Å². The van der Waals surface area contributed by atoms with E-state index in [1.807, 2.05) is 4.90 Å². The molecule has 4 heteroatoms. The fraction of sp³-hybridized carbons (Fsp3) is 0.429. The molecule has 0 radical (unpaired) electrons. The lowest BCUT2D eigenvalue weighted by atomic mass is 10.2. The van der Waals surface area contributed by atoms with Crippen LogP contribution < -0.4 is 0 Å². The van der Waals surface area contributed by atoms with Crippen LogP contribution in [0.4, 0.5) is 0 Å². The molecule has 0 atom stereocenters. The zero-order valence-electron chi connectivity index (χ0n) is 10.3. The minimum absolute atomic E-state index is 0.0516. The molecular formula is C14H17ClN2O. The summed E-state index contributed by atoms with van der Waals surface area (Å²) in [6.45, 7) is 4.29. The molecule has 1 aliphatic rings. The van der Waals surface area contributed by atoms with Crippen LogP contribution in [-0.2, 0) is 0 Å². The van der Waals surface area contributed by atoms with Crippen LogP contribution in [-0.4, -0.2) is 28.4 Å². The second kappa shape index (κ2) is 6.01. The first kappa shape index (κ1) is 13.1. The maximum Gasteiger partial charge on any atom is 0.273 e. The van der Waals surface area contributed by atoms with Crippen LogP contribution in [0, 0.1) is 0 Å². The fourth-order valence-corrected chi connectivity index (χ4v) is 2.58. The molecule has 1 heterocycles. The highest BCUT2D eigenvalue weighted by Gasteiger charge is 2.27. The van der Waals surface area contributed by atoms with E-state index in [9.17, 15) is 4.79 Å². The average Bonchev–Trinajstić information content (AvgIpc) is 2.89. The zero-order chi connectivity index (χ0) is 13.0. The molecule has 18 heavy (non-hydrogen) atoms. The lowest BCUT2D eigenvalue weighted by molar-refractivity contribution is 0.0700. The average molecular weight is 265 g/mol. The molecule has 1 fully saturated rings. The Morgan fingerprint density at radius 3 is 2.89 bits per heavy atom. The third kappa shape index (κ3) is 2.91. The Hall–Kier alpha value is -1.35. The van der Waals surface area contributed by atoms with Crippen LogP contribution in [0.5, 0.6) is 0 Å². The molecule has 0 aliphatic heterocycles. The first-order valence-corrected chi connectivity index (χ1v) is 6.63. The standard InChI is InChI=1S/C14H17ClN2O/c1-2-9-17(12-5-3-4-6-12)14(18)13-10-11(15)7-8-16-13/h2,7-8,10,12H,1,3-6,9H2. The Morgan fingerprint density at radius 2 is 2.28 bits per heavy atom. The minimum atomic E-state index is -0.0516. The fourth-order valence-electron chi connectivity index (χ4n) is 2.42. The van der Waals surface area contributed by atoms with Gasteiger partial charge in [-0.05, 0) is 25.0 Å². The Balaban J connectivity index is 2.19. The molecule has 1 aromatic rings. The lowest BCUT2D eigenvalue weighted by Gasteiger charge is -2.27. The summed E-state index contributed by atoms with van der Waals surface area (Å²) in [5.41, 5.74) is 0.413. The van der Waals surface area contributed by atoms with Crippen molar-refractivity contribution in [3.63, 3.8) is 0 Å². The van der Waals surface area contributed by atoms with E-state index in [-0.39, 0.29) is 5.91 Å². The number of hydrogen-bond donors (Lipinski definition) is 0. The second-order valence-electron chi connectivity index (χ2n) is 4.54. The number of aromatic nitrogens is 1. The number of carbonyl (C=O) groups is 1. The van der Waals surface area contributed by atoms with E-state index in [0.29, 0.717) is 23.3 Å². The van der Waals surface area contributed by atoms with Gasteiger partial charge in [0, 0.05) is 23.8 Å². The van der Waals surface area contributed by atoms with Crippen LogP contribution in [0.15, 0.2) is 31.0 Å². The van der Waals surface area contributed by atoms with Crippen LogP contribution in [0.25, 0.3) is 0 Å². The van der Waals surface area contributed by atoms with E-state index in [4.69, 9.17) is 11.6 Å². The van der Waals surface area contributed by atoms with Gasteiger partial charge in [-0.2, -0.15) is 0 Å². The van der Waals surface area contributed by atoms with Crippen molar-refractivity contribution in [3.05, 3.63) is 41.7 Å². The van der Waals surface area contributed by atoms with Gasteiger partial charge in [0.15, 0.2) is 0 Å². The molecule has 1 aliphatic carbocycles. The largest absolute Gasteiger partial charge is 0.331 e. The second-order valence-corrected chi connectivity index (χ2v) is 4.98. The Labute approximate surface area is 112 Å². The summed E-state index contributed by atoms with van der Waals surface area (Å²) in [5.74, 6) is -0.0516. The molecule has 0 saturated heterocycles. The normalized spacial score (nSPS) is 15.6. The van der Waals surface area contributed by atoms with Gasteiger partial charge in [0.2, 0.25) is 0 Å². The van der Waals surface area contributed by atoms with E-state index in [2.05, 4.69) is 11.6 Å². The first-order chi connectivity index (χ1) is 8.72. The molecule has 0 unspecified atom stereocenters. The number of carbonyl (C=O) groups excluding carboxylic acids is 1. The molecular weight excluding hydrogens is 248 g/mol. The minimum Gasteiger partial charge on any atom is -0.331 e. The molecule has 0 N–H and O–H groups in total. The molecule has 1 amide bonds. The number of halogens is 1. The van der Waals surface area contributed by atoms with E-state index in [1.54, 1.807) is 24.4 Å². The van der Waals surface area contributed by atoms with Crippen LogP contribution in [0.2, 0.25) is 5.02 Å². The number of amides is 1. The third-order valence-corrected chi connectivity index (χ3v) is 3.53. The first-order valence-electron chi connectivity index (χ1n) is 6.26. The number of hydrogen-bond acceptors (Lipinski definition) is 2. The molecule has 1 aromatic heterocycles. The Morgan fingerprint density at radius 1 is 1.56 bits per heavy atom. The van der Waals surface area contributed by atoms with E-state index >= 15 is 0 Å². The van der Waals surface area contributed by atoms with E-state index < -0.39 is 0 Å². The molecule has 0 spiro atoms. The van der Waals surface area contributed by atoms with Crippen molar-refractivity contribution in [1.82, 2.24) is 9.88 Å². The zero-order valence-corrected chi connectivity index (χ0v) is 11.1. The smallest absolute Gasteiger partial charge is 0.273 e. The summed E-state index contributed by atoms with van der Waals surface area (Å²) in [6.07, 6.45) is 7.85. The molecule has 96 valence electrons. The van der Waals surface area contributed by atoms with Crippen molar-refractivity contribution in [2.75, 3.05) is 6.54 Å². The van der Waals surface area contributed by atoms with E-state index in [0.717, 1.165) is 12.8 Å². The van der Waals surface area contributed by atoms with Gasteiger partial charge in [-0.3, -0.25) is 9.78 Å². The van der Waals surface area contributed by atoms with Gasteiger partial charge in [0.25, 0.3) is 5.91 Å². The van der Waals surface area contributed by atoms with Crippen LogP contribution in [0.3, 0.4) is 0 Å². The van der Waals surface area contributed by atoms with Crippen molar-refractivity contribution in [2.45, 2.75) is 31.7 Å². The summed E-state index contributed by atoms with van der Waals surface area (Å²) in [7, 11) is 0. The summed E-state index contributed by atoms with van der Waals surface area (Å²) >= 11 is 5.90. The van der Waals surface area contributed by atoms with Gasteiger partial charge in [-0.1, -0.05) is 30.5 Å². The predicted molar refractivity (Wildman–Crippen MR) is 72.7 cm³/mol. The third-order valence-electron chi connectivity index (χ3n) is 3.29. The number of pyridine rings is 1. The Kier molecular flexibility index (Phi) is 4.37. The Bertz CT molecular complexity index is 441. The van der Waals surface area contributed by atoms with Gasteiger partial charge in [0.1, 0.15) is 5.69 Å². The topological polar surface area (TPSA) is 33.2 Å². The summed E-state index contributed by atoms with van der Waals surface area (Å²) in [6, 6.07) is 3.61. The van der Waals surface area contributed by atoms with Gasteiger partial charge < -0.3 is 4.90 Å². The summed E-state index contributed by atoms with van der Waals surface area (Å²) in [4.78, 5) is 18.4. The SMILES string of the molecule is C=CCN(C(=O)c1cc(Cl)ccn1)C1CCCC1.